The molecule has 0 aliphatic heterocycles. The number of rotatable bonds is 38. The highest BCUT2D eigenvalue weighted by Crippen LogP contribution is 2.14. The Morgan fingerprint density at radius 2 is 1.04 bits per heavy atom. The second kappa shape index (κ2) is 39.1. The van der Waals surface area contributed by atoms with Crippen molar-refractivity contribution in [2.45, 2.75) is 225 Å². The number of unbranched alkanes of at least 4 members (excludes halogenated alkanes) is 23. The Balaban J connectivity index is 3.51. The number of aliphatic hydroxyl groups is 2. The fourth-order valence-electron chi connectivity index (χ4n) is 6.18. The summed E-state index contributed by atoms with van der Waals surface area (Å²) in [5.41, 5.74) is 0. The Morgan fingerprint density at radius 3 is 1.61 bits per heavy atom. The molecule has 0 bridgehead atoms. The Labute approximate surface area is 303 Å². The summed E-state index contributed by atoms with van der Waals surface area (Å²) in [7, 11) is 0. The number of hydrogen-bond donors (Lipinski definition) is 3. The molecule has 288 valence electrons. The maximum absolute atomic E-state index is 12.3. The van der Waals surface area contributed by atoms with Crippen LogP contribution in [0.2, 0.25) is 0 Å². The zero-order valence-corrected chi connectivity index (χ0v) is 32.4. The molecular weight excluding hydrogens is 610 g/mol. The summed E-state index contributed by atoms with van der Waals surface area (Å²) in [6.45, 7) is 4.80. The van der Waals surface area contributed by atoms with E-state index in [4.69, 9.17) is 4.74 Å². The number of nitrogens with one attached hydrogen (secondary N) is 1. The minimum absolute atomic E-state index is 0.0410. The molecule has 0 aliphatic rings. The number of allylic oxidation sites excluding steroid dienone is 4. The van der Waals surface area contributed by atoms with Crippen molar-refractivity contribution >= 4 is 11.9 Å². The predicted octanol–water partition coefficient (Wildman–Crippen LogP) is 11.6. The standard InChI is InChI=1S/C43H81NO5/c1-3-5-7-9-11-13-14-15-16-17-21-25-29-33-37-43(48)49-38-34-30-26-22-18-20-24-28-32-36-42(47)44-40(39-45)41(46)35-31-27-23-19-12-10-8-6-4-2/h9,11,14-15,40-41,45-46H,3-8,10,12-13,16-39H2,1-2H3,(H,44,47)/b11-9-,15-14-. The molecule has 0 radical (unpaired) electrons. The summed E-state index contributed by atoms with van der Waals surface area (Å²) >= 11 is 0. The topological polar surface area (TPSA) is 95.9 Å². The smallest absolute Gasteiger partial charge is 0.305 e. The van der Waals surface area contributed by atoms with E-state index in [-0.39, 0.29) is 18.5 Å². The van der Waals surface area contributed by atoms with Gasteiger partial charge in [0, 0.05) is 12.8 Å². The van der Waals surface area contributed by atoms with Gasteiger partial charge in [0.1, 0.15) is 0 Å². The van der Waals surface area contributed by atoms with Crippen molar-refractivity contribution < 1.29 is 24.5 Å². The molecule has 0 aromatic rings. The first kappa shape index (κ1) is 47.3. The minimum atomic E-state index is -0.679. The van der Waals surface area contributed by atoms with Crippen LogP contribution in [0.4, 0.5) is 0 Å². The molecule has 0 saturated heterocycles. The average molecular weight is 692 g/mol. The van der Waals surface area contributed by atoms with Crippen LogP contribution >= 0.6 is 0 Å². The van der Waals surface area contributed by atoms with Gasteiger partial charge >= 0.3 is 5.97 Å². The van der Waals surface area contributed by atoms with Crippen molar-refractivity contribution in [3.05, 3.63) is 24.3 Å². The lowest BCUT2D eigenvalue weighted by atomic mass is 10.0. The number of carbonyl (C=O) groups excluding carboxylic acids is 2. The number of ether oxygens (including phenoxy) is 1. The molecule has 0 fully saturated rings. The second-order valence-electron chi connectivity index (χ2n) is 14.3. The maximum Gasteiger partial charge on any atom is 0.305 e. The normalized spacial score (nSPS) is 13.0. The number of carbonyl (C=O) groups is 2. The van der Waals surface area contributed by atoms with Crippen molar-refractivity contribution in [3.63, 3.8) is 0 Å². The van der Waals surface area contributed by atoms with E-state index < -0.39 is 12.1 Å². The molecule has 0 spiro atoms. The average Bonchev–Trinajstić information content (AvgIpc) is 3.10. The number of hydrogen-bond acceptors (Lipinski definition) is 5. The van der Waals surface area contributed by atoms with Crippen LogP contribution in [-0.4, -0.2) is 47.4 Å². The van der Waals surface area contributed by atoms with Crippen molar-refractivity contribution in [2.75, 3.05) is 13.2 Å². The van der Waals surface area contributed by atoms with Gasteiger partial charge in [-0.3, -0.25) is 9.59 Å². The molecule has 6 nitrogen and oxygen atoms in total. The van der Waals surface area contributed by atoms with Gasteiger partial charge < -0.3 is 20.3 Å². The summed E-state index contributed by atoms with van der Waals surface area (Å²) < 4.78 is 5.42. The fourth-order valence-corrected chi connectivity index (χ4v) is 6.18. The van der Waals surface area contributed by atoms with Crippen molar-refractivity contribution in [1.82, 2.24) is 5.32 Å². The first-order valence-corrected chi connectivity index (χ1v) is 21.1. The van der Waals surface area contributed by atoms with Gasteiger partial charge in [-0.25, -0.2) is 0 Å². The highest BCUT2D eigenvalue weighted by Gasteiger charge is 2.20. The first-order chi connectivity index (χ1) is 24.0. The monoisotopic (exact) mass is 692 g/mol. The van der Waals surface area contributed by atoms with Crippen LogP contribution in [0.15, 0.2) is 24.3 Å². The van der Waals surface area contributed by atoms with Gasteiger partial charge in [0.2, 0.25) is 5.91 Å². The second-order valence-corrected chi connectivity index (χ2v) is 14.3. The Bertz CT molecular complexity index is 767. The quantitative estimate of drug-likeness (QED) is 0.0340. The summed E-state index contributed by atoms with van der Waals surface area (Å²) in [6, 6.07) is -0.559. The van der Waals surface area contributed by atoms with Crippen LogP contribution in [-0.2, 0) is 14.3 Å². The van der Waals surface area contributed by atoms with Crippen LogP contribution in [0, 0.1) is 0 Å². The SMILES string of the molecule is CCCC/C=C\C/C=C\CCCCCCCC(=O)OCCCCCCCCCCCC(=O)NC(CO)C(O)CCCCCCCCCCC. The van der Waals surface area contributed by atoms with Gasteiger partial charge in [0.05, 0.1) is 25.4 Å². The van der Waals surface area contributed by atoms with Crippen molar-refractivity contribution in [3.8, 4) is 0 Å². The maximum atomic E-state index is 12.3. The number of esters is 1. The van der Waals surface area contributed by atoms with E-state index in [1.165, 1.54) is 109 Å². The molecule has 49 heavy (non-hydrogen) atoms. The Morgan fingerprint density at radius 1 is 0.571 bits per heavy atom. The highest BCUT2D eigenvalue weighted by atomic mass is 16.5. The van der Waals surface area contributed by atoms with Crippen LogP contribution in [0.25, 0.3) is 0 Å². The molecule has 0 saturated carbocycles. The lowest BCUT2D eigenvalue weighted by Crippen LogP contribution is -2.45. The first-order valence-electron chi connectivity index (χ1n) is 21.1. The molecule has 0 heterocycles. The van der Waals surface area contributed by atoms with E-state index >= 15 is 0 Å². The molecular formula is C43H81NO5. The van der Waals surface area contributed by atoms with E-state index in [2.05, 4.69) is 43.5 Å². The van der Waals surface area contributed by atoms with Gasteiger partial charge in [0.25, 0.3) is 0 Å². The molecule has 1 amide bonds. The van der Waals surface area contributed by atoms with Crippen LogP contribution in [0.3, 0.4) is 0 Å². The molecule has 0 aliphatic carbocycles. The molecule has 6 heteroatoms. The lowest BCUT2D eigenvalue weighted by Gasteiger charge is -2.22. The van der Waals surface area contributed by atoms with Crippen LogP contribution < -0.4 is 5.32 Å². The van der Waals surface area contributed by atoms with Gasteiger partial charge in [-0.15, -0.1) is 0 Å². The largest absolute Gasteiger partial charge is 0.466 e. The molecule has 0 aromatic heterocycles. The highest BCUT2D eigenvalue weighted by molar-refractivity contribution is 5.76. The van der Waals surface area contributed by atoms with Gasteiger partial charge in [-0.05, 0) is 51.4 Å². The van der Waals surface area contributed by atoms with Gasteiger partial charge in [-0.2, -0.15) is 0 Å². The molecule has 0 rings (SSSR count). The van der Waals surface area contributed by atoms with Gasteiger partial charge in [0.15, 0.2) is 0 Å². The molecule has 2 unspecified atom stereocenters. The van der Waals surface area contributed by atoms with E-state index in [9.17, 15) is 19.8 Å². The van der Waals surface area contributed by atoms with E-state index in [1.54, 1.807) is 0 Å². The van der Waals surface area contributed by atoms with Gasteiger partial charge in [-0.1, -0.05) is 173 Å². The van der Waals surface area contributed by atoms with Crippen molar-refractivity contribution in [1.29, 1.82) is 0 Å². The third-order valence-electron chi connectivity index (χ3n) is 9.50. The third kappa shape index (κ3) is 36.0. The zero-order valence-electron chi connectivity index (χ0n) is 32.4. The van der Waals surface area contributed by atoms with Crippen molar-refractivity contribution in [2.24, 2.45) is 0 Å². The Hall–Kier alpha value is -1.66. The van der Waals surface area contributed by atoms with E-state index in [1.807, 2.05) is 0 Å². The summed E-state index contributed by atoms with van der Waals surface area (Å²) in [5.74, 6) is -0.109. The molecule has 3 N–H and O–H groups in total. The third-order valence-corrected chi connectivity index (χ3v) is 9.50. The van der Waals surface area contributed by atoms with E-state index in [0.717, 1.165) is 70.6 Å². The number of aliphatic hydroxyl groups excluding tert-OH is 2. The molecule has 2 atom stereocenters. The minimum Gasteiger partial charge on any atom is -0.466 e. The zero-order chi connectivity index (χ0) is 35.9. The lowest BCUT2D eigenvalue weighted by molar-refractivity contribution is -0.143. The fraction of sp³-hybridized carbons (Fsp3) is 0.860. The molecule has 0 aromatic carbocycles. The summed E-state index contributed by atoms with van der Waals surface area (Å²) in [4.78, 5) is 24.3. The Kier molecular flexibility index (Phi) is 37.8. The van der Waals surface area contributed by atoms with E-state index in [0.29, 0.717) is 25.9 Å². The summed E-state index contributed by atoms with van der Waals surface area (Å²) in [6.07, 6.45) is 42.7. The number of amides is 1. The van der Waals surface area contributed by atoms with Crippen LogP contribution in [0.1, 0.15) is 213 Å². The predicted molar refractivity (Wildman–Crippen MR) is 209 cm³/mol. The summed E-state index contributed by atoms with van der Waals surface area (Å²) in [5, 5.41) is 23.0. The van der Waals surface area contributed by atoms with Crippen LogP contribution in [0.5, 0.6) is 0 Å².